The number of nitrogens with zero attached hydrogens (tertiary/aromatic N) is 2. The van der Waals surface area contributed by atoms with Crippen molar-refractivity contribution in [2.75, 3.05) is 13.1 Å². The predicted octanol–water partition coefficient (Wildman–Crippen LogP) is 1.86. The van der Waals surface area contributed by atoms with Gasteiger partial charge < -0.3 is 9.73 Å². The van der Waals surface area contributed by atoms with Crippen LogP contribution in [-0.4, -0.2) is 42.7 Å². The quantitative estimate of drug-likeness (QED) is 0.884. The summed E-state index contributed by atoms with van der Waals surface area (Å²) in [5.41, 5.74) is 1.37. The first kappa shape index (κ1) is 17.2. The summed E-state index contributed by atoms with van der Waals surface area (Å²) < 4.78 is 33.5. The molecule has 0 saturated carbocycles. The van der Waals surface area contributed by atoms with Gasteiger partial charge in [-0.05, 0) is 25.0 Å². The van der Waals surface area contributed by atoms with Crippen LogP contribution in [0.1, 0.15) is 24.3 Å². The van der Waals surface area contributed by atoms with E-state index in [9.17, 15) is 13.2 Å². The molecule has 2 atom stereocenters. The van der Waals surface area contributed by atoms with Gasteiger partial charge in [0.25, 0.3) is 0 Å². The molecule has 0 bridgehead atoms. The number of fused-ring (bicyclic) bond motifs is 1. The van der Waals surface area contributed by atoms with Crippen LogP contribution in [0, 0.1) is 19.8 Å². The molecule has 3 heterocycles. The number of benzene rings is 1. The van der Waals surface area contributed by atoms with Crippen molar-refractivity contribution in [3.8, 4) is 11.3 Å². The zero-order chi connectivity index (χ0) is 18.5. The Hall–Kier alpha value is -2.19. The highest BCUT2D eigenvalue weighted by Gasteiger charge is 2.41. The third-order valence-electron chi connectivity index (χ3n) is 5.20. The lowest BCUT2D eigenvalue weighted by Gasteiger charge is -2.33. The van der Waals surface area contributed by atoms with Gasteiger partial charge in [-0.25, -0.2) is 13.4 Å². The SMILES string of the molecule is Cc1ncc(-c2ccc(C)c(S(=O)(=O)N3CC[C@@H]4NC(=O)C[C@@H]4C3)c2)o1. The van der Waals surface area contributed by atoms with E-state index in [1.807, 2.05) is 6.07 Å². The van der Waals surface area contributed by atoms with Gasteiger partial charge in [-0.3, -0.25) is 4.79 Å². The maximum Gasteiger partial charge on any atom is 0.243 e. The Bertz CT molecular complexity index is 967. The maximum atomic E-state index is 13.2. The molecule has 0 aliphatic carbocycles. The van der Waals surface area contributed by atoms with Crippen LogP contribution in [0.5, 0.6) is 0 Å². The number of sulfonamides is 1. The van der Waals surface area contributed by atoms with Crippen LogP contribution in [-0.2, 0) is 14.8 Å². The summed E-state index contributed by atoms with van der Waals surface area (Å²) in [5, 5.41) is 2.93. The smallest absolute Gasteiger partial charge is 0.243 e. The van der Waals surface area contributed by atoms with E-state index in [-0.39, 0.29) is 22.8 Å². The highest BCUT2D eigenvalue weighted by Crippen LogP contribution is 2.32. The second-order valence-corrected chi connectivity index (χ2v) is 8.92. The molecule has 2 aromatic rings. The lowest BCUT2D eigenvalue weighted by Crippen LogP contribution is -2.47. The van der Waals surface area contributed by atoms with Gasteiger partial charge in [0.2, 0.25) is 15.9 Å². The Morgan fingerprint density at radius 2 is 2.12 bits per heavy atom. The van der Waals surface area contributed by atoms with Crippen molar-refractivity contribution in [1.82, 2.24) is 14.6 Å². The molecular weight excluding hydrogens is 354 g/mol. The first-order chi connectivity index (χ1) is 12.3. The summed E-state index contributed by atoms with van der Waals surface area (Å²) in [7, 11) is -3.64. The highest BCUT2D eigenvalue weighted by molar-refractivity contribution is 7.89. The van der Waals surface area contributed by atoms with E-state index in [4.69, 9.17) is 4.42 Å². The highest BCUT2D eigenvalue weighted by atomic mass is 32.2. The van der Waals surface area contributed by atoms with Gasteiger partial charge in [0.15, 0.2) is 11.7 Å². The van der Waals surface area contributed by atoms with Gasteiger partial charge in [-0.1, -0.05) is 12.1 Å². The zero-order valence-electron chi connectivity index (χ0n) is 14.7. The van der Waals surface area contributed by atoms with Crippen LogP contribution in [0.2, 0.25) is 0 Å². The number of rotatable bonds is 3. The van der Waals surface area contributed by atoms with Crippen LogP contribution in [0.4, 0.5) is 0 Å². The van der Waals surface area contributed by atoms with Crippen LogP contribution in [0.25, 0.3) is 11.3 Å². The molecule has 4 rings (SSSR count). The molecule has 8 heteroatoms. The van der Waals surface area contributed by atoms with Crippen LogP contribution in [0.3, 0.4) is 0 Å². The summed E-state index contributed by atoms with van der Waals surface area (Å²) in [4.78, 5) is 16.0. The van der Waals surface area contributed by atoms with E-state index < -0.39 is 10.0 Å². The molecule has 2 aliphatic heterocycles. The summed E-state index contributed by atoms with van der Waals surface area (Å²) in [5.74, 6) is 1.14. The predicted molar refractivity (Wildman–Crippen MR) is 94.8 cm³/mol. The van der Waals surface area contributed by atoms with Crippen molar-refractivity contribution in [2.24, 2.45) is 5.92 Å². The fourth-order valence-corrected chi connectivity index (χ4v) is 5.55. The van der Waals surface area contributed by atoms with Gasteiger partial charge in [0.05, 0.1) is 11.1 Å². The minimum atomic E-state index is -3.64. The Kier molecular flexibility index (Phi) is 4.11. The molecule has 1 aromatic heterocycles. The van der Waals surface area contributed by atoms with Gasteiger partial charge in [0.1, 0.15) is 0 Å². The van der Waals surface area contributed by atoms with E-state index in [2.05, 4.69) is 10.3 Å². The molecule has 2 saturated heterocycles. The molecule has 138 valence electrons. The van der Waals surface area contributed by atoms with Crippen LogP contribution in [0.15, 0.2) is 33.7 Å². The number of hydrogen-bond donors (Lipinski definition) is 1. The number of aryl methyl sites for hydroxylation is 2. The third kappa shape index (κ3) is 2.93. The molecule has 0 spiro atoms. The van der Waals surface area contributed by atoms with E-state index >= 15 is 0 Å². The lowest BCUT2D eigenvalue weighted by atomic mass is 9.95. The molecule has 0 radical (unpaired) electrons. The fraction of sp³-hybridized carbons (Fsp3) is 0.444. The van der Waals surface area contributed by atoms with Gasteiger partial charge in [-0.2, -0.15) is 4.31 Å². The van der Waals surface area contributed by atoms with E-state index in [0.29, 0.717) is 48.7 Å². The van der Waals surface area contributed by atoms with Crippen molar-refractivity contribution in [3.63, 3.8) is 0 Å². The average Bonchev–Trinajstić information content (AvgIpc) is 3.19. The van der Waals surface area contributed by atoms with Crippen molar-refractivity contribution in [3.05, 3.63) is 35.9 Å². The van der Waals surface area contributed by atoms with Crippen LogP contribution < -0.4 is 5.32 Å². The summed E-state index contributed by atoms with van der Waals surface area (Å²) in [6, 6.07) is 5.36. The number of piperidine rings is 1. The number of aromatic nitrogens is 1. The normalized spacial score (nSPS) is 23.7. The lowest BCUT2D eigenvalue weighted by molar-refractivity contribution is -0.119. The molecule has 26 heavy (non-hydrogen) atoms. The van der Waals surface area contributed by atoms with E-state index in [1.165, 1.54) is 4.31 Å². The molecule has 2 aliphatic rings. The molecule has 7 nitrogen and oxygen atoms in total. The maximum absolute atomic E-state index is 13.2. The molecular formula is C18H21N3O4S. The van der Waals surface area contributed by atoms with E-state index in [1.54, 1.807) is 32.2 Å². The minimum absolute atomic E-state index is 0.0121. The number of carbonyl (C=O) groups excluding carboxylic acids is 1. The molecule has 0 unspecified atom stereocenters. The van der Waals surface area contributed by atoms with Gasteiger partial charge in [0, 0.05) is 44.0 Å². The summed E-state index contributed by atoms with van der Waals surface area (Å²) >= 11 is 0. The number of nitrogens with one attached hydrogen (secondary N) is 1. The Labute approximate surface area is 152 Å². The van der Waals surface area contributed by atoms with Crippen molar-refractivity contribution < 1.29 is 17.6 Å². The number of oxazole rings is 1. The van der Waals surface area contributed by atoms with Crippen LogP contribution >= 0.6 is 0 Å². The molecule has 2 fully saturated rings. The molecule has 1 N–H and O–H groups in total. The Morgan fingerprint density at radius 3 is 2.85 bits per heavy atom. The summed E-state index contributed by atoms with van der Waals surface area (Å²) in [6.45, 7) is 4.32. The van der Waals surface area contributed by atoms with Crippen molar-refractivity contribution in [1.29, 1.82) is 0 Å². The minimum Gasteiger partial charge on any atom is -0.441 e. The second-order valence-electron chi connectivity index (χ2n) is 7.01. The average molecular weight is 375 g/mol. The first-order valence-corrected chi connectivity index (χ1v) is 10.1. The number of hydrogen-bond acceptors (Lipinski definition) is 5. The Balaban J connectivity index is 1.66. The van der Waals surface area contributed by atoms with Crippen molar-refractivity contribution in [2.45, 2.75) is 37.6 Å². The zero-order valence-corrected chi connectivity index (χ0v) is 15.5. The third-order valence-corrected chi connectivity index (χ3v) is 7.21. The molecule has 1 aromatic carbocycles. The number of carbonyl (C=O) groups is 1. The fourth-order valence-electron chi connectivity index (χ4n) is 3.78. The first-order valence-electron chi connectivity index (χ1n) is 8.67. The Morgan fingerprint density at radius 1 is 1.31 bits per heavy atom. The van der Waals surface area contributed by atoms with Gasteiger partial charge >= 0.3 is 0 Å². The monoisotopic (exact) mass is 375 g/mol. The largest absolute Gasteiger partial charge is 0.441 e. The van der Waals surface area contributed by atoms with Crippen molar-refractivity contribution >= 4 is 15.9 Å². The standard InChI is InChI=1S/C18H21N3O4S/c1-11-3-4-13(16-9-19-12(2)25-16)7-17(11)26(23,24)21-6-5-15-14(10-21)8-18(22)20-15/h3-4,7,9,14-15H,5-6,8,10H2,1-2H3,(H,20,22)/t14-,15+/m1/s1. The molecule has 1 amide bonds. The number of amides is 1. The van der Waals surface area contributed by atoms with E-state index in [0.717, 1.165) is 0 Å². The second kappa shape index (κ2) is 6.21. The summed E-state index contributed by atoms with van der Waals surface area (Å²) in [6.07, 6.45) is 2.64. The topological polar surface area (TPSA) is 92.5 Å². The van der Waals surface area contributed by atoms with Gasteiger partial charge in [-0.15, -0.1) is 0 Å².